The van der Waals surface area contributed by atoms with Crippen molar-refractivity contribution in [3.8, 4) is 0 Å². The zero-order chi connectivity index (χ0) is 11.5. The maximum absolute atomic E-state index is 11.5. The molecule has 0 aliphatic heterocycles. The molecule has 0 heterocycles. The van der Waals surface area contributed by atoms with E-state index in [1.54, 1.807) is 19.0 Å². The molecule has 2 amide bonds. The van der Waals surface area contributed by atoms with Crippen molar-refractivity contribution in [1.82, 2.24) is 5.32 Å². The number of urea groups is 1. The number of hydrogen-bond donors (Lipinski definition) is 1. The van der Waals surface area contributed by atoms with Crippen molar-refractivity contribution in [3.63, 3.8) is 0 Å². The highest BCUT2D eigenvalue weighted by Gasteiger charge is 2.13. The van der Waals surface area contributed by atoms with Crippen LogP contribution in [-0.4, -0.2) is 20.1 Å². The smallest absolute Gasteiger partial charge is 0.321 e. The number of carbonyl (C=O) groups excluding carboxylic acids is 1. The molecule has 16 heavy (non-hydrogen) atoms. The molecule has 3 heteroatoms. The van der Waals surface area contributed by atoms with E-state index in [0.717, 1.165) is 12.1 Å². The summed E-state index contributed by atoms with van der Waals surface area (Å²) in [6.07, 6.45) is 4.88. The van der Waals surface area contributed by atoms with Crippen LogP contribution in [0.3, 0.4) is 0 Å². The van der Waals surface area contributed by atoms with Gasteiger partial charge in [0.2, 0.25) is 0 Å². The first-order valence-electron chi connectivity index (χ1n) is 5.79. The molecular weight excluding hydrogens is 200 g/mol. The van der Waals surface area contributed by atoms with Crippen LogP contribution in [0, 0.1) is 0 Å². The van der Waals surface area contributed by atoms with Crippen LogP contribution in [0.25, 0.3) is 0 Å². The first-order chi connectivity index (χ1) is 7.72. The van der Waals surface area contributed by atoms with Crippen molar-refractivity contribution in [2.24, 2.45) is 0 Å². The van der Waals surface area contributed by atoms with Crippen LogP contribution >= 0.6 is 0 Å². The van der Waals surface area contributed by atoms with Gasteiger partial charge in [-0.3, -0.25) is 4.90 Å². The molecular formula is C13H18N2O. The van der Waals surface area contributed by atoms with Gasteiger partial charge in [0, 0.05) is 19.8 Å². The second kappa shape index (κ2) is 4.56. The molecule has 1 aliphatic rings. The van der Waals surface area contributed by atoms with Gasteiger partial charge in [0.1, 0.15) is 0 Å². The molecule has 0 unspecified atom stereocenters. The number of rotatable bonds is 1. The van der Waals surface area contributed by atoms with Crippen LogP contribution in [0.5, 0.6) is 0 Å². The number of hydrogen-bond acceptors (Lipinski definition) is 1. The minimum Gasteiger partial charge on any atom is -0.341 e. The standard InChI is InChI=1S/C13H18N2O/c1-14-13(16)15(2)12-8-7-10-5-3-4-6-11(10)9-12/h7-9H,3-6H2,1-2H3,(H,14,16). The van der Waals surface area contributed by atoms with Crippen LogP contribution in [0.15, 0.2) is 18.2 Å². The van der Waals surface area contributed by atoms with Gasteiger partial charge in [-0.2, -0.15) is 0 Å². The van der Waals surface area contributed by atoms with E-state index >= 15 is 0 Å². The van der Waals surface area contributed by atoms with Gasteiger partial charge in [-0.25, -0.2) is 4.79 Å². The number of carbonyl (C=O) groups is 1. The molecule has 1 aromatic carbocycles. The van der Waals surface area contributed by atoms with Gasteiger partial charge in [-0.15, -0.1) is 0 Å². The average Bonchev–Trinajstić information content (AvgIpc) is 2.36. The van der Waals surface area contributed by atoms with Gasteiger partial charge in [0.25, 0.3) is 0 Å². The van der Waals surface area contributed by atoms with Gasteiger partial charge < -0.3 is 5.32 Å². The molecule has 3 nitrogen and oxygen atoms in total. The van der Waals surface area contributed by atoms with Gasteiger partial charge in [0.05, 0.1) is 0 Å². The molecule has 0 aromatic heterocycles. The minimum atomic E-state index is -0.0734. The van der Waals surface area contributed by atoms with Crippen LogP contribution in [0.4, 0.5) is 10.5 Å². The predicted molar refractivity (Wildman–Crippen MR) is 65.9 cm³/mol. The number of benzene rings is 1. The minimum absolute atomic E-state index is 0.0734. The molecule has 0 spiro atoms. The first kappa shape index (κ1) is 11.0. The third-order valence-corrected chi connectivity index (χ3v) is 3.24. The normalized spacial score (nSPS) is 14.1. The van der Waals surface area contributed by atoms with Crippen molar-refractivity contribution >= 4 is 11.7 Å². The Hall–Kier alpha value is -1.51. The average molecular weight is 218 g/mol. The molecule has 1 aliphatic carbocycles. The van der Waals surface area contributed by atoms with E-state index < -0.39 is 0 Å². The quantitative estimate of drug-likeness (QED) is 0.771. The van der Waals surface area contributed by atoms with Gasteiger partial charge in [0.15, 0.2) is 0 Å². The summed E-state index contributed by atoms with van der Waals surface area (Å²) < 4.78 is 0. The molecule has 86 valence electrons. The molecule has 1 aromatic rings. The number of nitrogens with one attached hydrogen (secondary N) is 1. The van der Waals surface area contributed by atoms with E-state index in [2.05, 4.69) is 17.4 Å². The summed E-state index contributed by atoms with van der Waals surface area (Å²) in [7, 11) is 3.45. The summed E-state index contributed by atoms with van der Waals surface area (Å²) in [5.41, 5.74) is 3.82. The van der Waals surface area contributed by atoms with Crippen LogP contribution < -0.4 is 10.2 Å². The number of amides is 2. The van der Waals surface area contributed by atoms with Gasteiger partial charge in [-0.05, 0) is 48.9 Å². The Morgan fingerprint density at radius 2 is 1.94 bits per heavy atom. The third kappa shape index (κ3) is 2.03. The van der Waals surface area contributed by atoms with Crippen LogP contribution in [-0.2, 0) is 12.8 Å². The van der Waals surface area contributed by atoms with E-state index in [1.165, 1.54) is 30.4 Å². The van der Waals surface area contributed by atoms with Crippen LogP contribution in [0.1, 0.15) is 24.0 Å². The Morgan fingerprint density at radius 1 is 1.25 bits per heavy atom. The largest absolute Gasteiger partial charge is 0.341 e. The number of fused-ring (bicyclic) bond motifs is 1. The lowest BCUT2D eigenvalue weighted by Gasteiger charge is -2.21. The molecule has 0 fully saturated rings. The Bertz CT molecular complexity index is 401. The Kier molecular flexibility index (Phi) is 3.13. The summed E-state index contributed by atoms with van der Waals surface area (Å²) >= 11 is 0. The number of aryl methyl sites for hydroxylation is 2. The first-order valence-corrected chi connectivity index (χ1v) is 5.79. The van der Waals surface area contributed by atoms with E-state index in [4.69, 9.17) is 0 Å². The monoisotopic (exact) mass is 218 g/mol. The van der Waals surface area contributed by atoms with Crippen LogP contribution in [0.2, 0.25) is 0 Å². The van der Waals surface area contributed by atoms with Crippen molar-refractivity contribution in [1.29, 1.82) is 0 Å². The second-order valence-electron chi connectivity index (χ2n) is 4.27. The summed E-state index contributed by atoms with van der Waals surface area (Å²) in [4.78, 5) is 13.1. The lowest BCUT2D eigenvalue weighted by molar-refractivity contribution is 0.249. The fourth-order valence-corrected chi connectivity index (χ4v) is 2.21. The highest BCUT2D eigenvalue weighted by atomic mass is 16.2. The highest BCUT2D eigenvalue weighted by molar-refractivity contribution is 5.91. The molecule has 2 rings (SSSR count). The van der Waals surface area contributed by atoms with Gasteiger partial charge in [-0.1, -0.05) is 6.07 Å². The Labute approximate surface area is 96.5 Å². The highest BCUT2D eigenvalue weighted by Crippen LogP contribution is 2.25. The van der Waals surface area contributed by atoms with Crippen molar-refractivity contribution in [2.75, 3.05) is 19.0 Å². The molecule has 0 saturated heterocycles. The van der Waals surface area contributed by atoms with E-state index in [-0.39, 0.29) is 6.03 Å². The van der Waals surface area contributed by atoms with Gasteiger partial charge >= 0.3 is 6.03 Å². The number of nitrogens with zero attached hydrogens (tertiary/aromatic N) is 1. The lowest BCUT2D eigenvalue weighted by atomic mass is 9.91. The number of anilines is 1. The second-order valence-corrected chi connectivity index (χ2v) is 4.27. The summed E-state index contributed by atoms with van der Waals surface area (Å²) in [5, 5.41) is 2.63. The molecule has 0 bridgehead atoms. The Morgan fingerprint density at radius 3 is 2.62 bits per heavy atom. The zero-order valence-electron chi connectivity index (χ0n) is 9.92. The topological polar surface area (TPSA) is 32.3 Å². The maximum Gasteiger partial charge on any atom is 0.321 e. The van der Waals surface area contributed by atoms with E-state index in [1.807, 2.05) is 6.07 Å². The van der Waals surface area contributed by atoms with E-state index in [9.17, 15) is 4.79 Å². The SMILES string of the molecule is CNC(=O)N(C)c1ccc2c(c1)CCCC2. The molecule has 0 atom stereocenters. The fourth-order valence-electron chi connectivity index (χ4n) is 2.21. The zero-order valence-corrected chi connectivity index (χ0v) is 9.92. The van der Waals surface area contributed by atoms with Crippen molar-refractivity contribution in [2.45, 2.75) is 25.7 Å². The van der Waals surface area contributed by atoms with E-state index in [0.29, 0.717) is 0 Å². The lowest BCUT2D eigenvalue weighted by Crippen LogP contribution is -2.34. The van der Waals surface area contributed by atoms with Crippen molar-refractivity contribution in [3.05, 3.63) is 29.3 Å². The third-order valence-electron chi connectivity index (χ3n) is 3.24. The molecule has 0 saturated carbocycles. The summed E-state index contributed by atoms with van der Waals surface area (Å²) in [6.45, 7) is 0. The molecule has 0 radical (unpaired) electrons. The predicted octanol–water partition coefficient (Wildman–Crippen LogP) is 2.34. The fraction of sp³-hybridized carbons (Fsp3) is 0.462. The Balaban J connectivity index is 2.26. The van der Waals surface area contributed by atoms with Crippen molar-refractivity contribution < 1.29 is 4.79 Å². The molecule has 1 N–H and O–H groups in total. The summed E-state index contributed by atoms with van der Waals surface area (Å²) in [5.74, 6) is 0. The summed E-state index contributed by atoms with van der Waals surface area (Å²) in [6, 6.07) is 6.25. The maximum atomic E-state index is 11.5.